The summed E-state index contributed by atoms with van der Waals surface area (Å²) in [5.74, 6) is -1.19. The van der Waals surface area contributed by atoms with Crippen LogP contribution in [0.5, 0.6) is 0 Å². The van der Waals surface area contributed by atoms with Crippen molar-refractivity contribution in [2.24, 2.45) is 0 Å². The molecule has 0 aliphatic carbocycles. The summed E-state index contributed by atoms with van der Waals surface area (Å²) in [4.78, 5) is 25.9. The number of hydrogen-bond donors (Lipinski definition) is 0. The number of esters is 2. The molecule has 1 aliphatic rings. The van der Waals surface area contributed by atoms with Crippen molar-refractivity contribution in [2.75, 3.05) is 32.5 Å². The van der Waals surface area contributed by atoms with E-state index in [1.54, 1.807) is 4.90 Å². The first-order valence-corrected chi connectivity index (χ1v) is 8.14. The number of halogens is 1. The average molecular weight is 431 g/mol. The predicted molar refractivity (Wildman–Crippen MR) is 92.9 cm³/mol. The van der Waals surface area contributed by atoms with Gasteiger partial charge in [-0.1, -0.05) is 6.92 Å². The molecule has 0 N–H and O–H groups in total. The molecule has 23 heavy (non-hydrogen) atoms. The lowest BCUT2D eigenvalue weighted by Gasteiger charge is -2.32. The smallest absolute Gasteiger partial charge is 0.355 e. The van der Waals surface area contributed by atoms with Crippen LogP contribution >= 0.6 is 22.6 Å². The first kappa shape index (κ1) is 17.7. The van der Waals surface area contributed by atoms with Gasteiger partial charge in [0.25, 0.3) is 0 Å². The van der Waals surface area contributed by atoms with Crippen molar-refractivity contribution >= 4 is 40.2 Å². The Morgan fingerprint density at radius 1 is 1.26 bits per heavy atom. The zero-order valence-electron chi connectivity index (χ0n) is 13.2. The van der Waals surface area contributed by atoms with Crippen LogP contribution in [0.25, 0.3) is 0 Å². The molecule has 0 saturated carbocycles. The van der Waals surface area contributed by atoms with E-state index in [2.05, 4.69) is 22.6 Å². The van der Waals surface area contributed by atoms with Crippen molar-refractivity contribution in [3.63, 3.8) is 0 Å². The minimum Gasteiger partial charge on any atom is -0.466 e. The number of hydrogen-bond acceptors (Lipinski definition) is 6. The number of methoxy groups -OCH3 is 2. The van der Waals surface area contributed by atoms with Crippen LogP contribution in [0, 0.1) is 3.57 Å². The number of nitrogens with zero attached hydrogens (tertiary/aromatic N) is 1. The van der Waals surface area contributed by atoms with Crippen molar-refractivity contribution in [1.29, 1.82) is 0 Å². The third-order valence-corrected chi connectivity index (χ3v) is 4.22. The van der Waals surface area contributed by atoms with E-state index in [9.17, 15) is 9.59 Å². The Labute approximate surface area is 148 Å². The van der Waals surface area contributed by atoms with Gasteiger partial charge in [0.15, 0.2) is 0 Å². The molecule has 0 unspecified atom stereocenters. The number of ether oxygens (including phenoxy) is 3. The van der Waals surface area contributed by atoms with Crippen molar-refractivity contribution in [1.82, 2.24) is 0 Å². The van der Waals surface area contributed by atoms with E-state index in [0.717, 1.165) is 21.2 Å². The van der Waals surface area contributed by atoms with Crippen LogP contribution in [0.15, 0.2) is 29.5 Å². The summed E-state index contributed by atoms with van der Waals surface area (Å²) in [5, 5.41) is 0. The summed E-state index contributed by atoms with van der Waals surface area (Å²) in [6.07, 6.45) is 0.782. The van der Waals surface area contributed by atoms with E-state index in [4.69, 9.17) is 14.2 Å². The predicted octanol–water partition coefficient (Wildman–Crippen LogP) is 2.25. The van der Waals surface area contributed by atoms with Gasteiger partial charge in [-0.2, -0.15) is 0 Å². The van der Waals surface area contributed by atoms with Gasteiger partial charge in [-0.25, -0.2) is 9.59 Å². The Hall–Kier alpha value is -1.61. The van der Waals surface area contributed by atoms with Gasteiger partial charge in [0.1, 0.15) is 12.4 Å². The summed E-state index contributed by atoms with van der Waals surface area (Å²) >= 11 is 2.24. The minimum atomic E-state index is -0.598. The van der Waals surface area contributed by atoms with Crippen molar-refractivity contribution < 1.29 is 23.8 Å². The van der Waals surface area contributed by atoms with Crippen LogP contribution in [0.2, 0.25) is 0 Å². The van der Waals surface area contributed by atoms with E-state index in [0.29, 0.717) is 0 Å². The van der Waals surface area contributed by atoms with Crippen molar-refractivity contribution in [3.05, 3.63) is 38.6 Å². The molecule has 1 aliphatic heterocycles. The van der Waals surface area contributed by atoms with Crippen LogP contribution < -0.4 is 4.90 Å². The number of anilines is 1. The first-order valence-electron chi connectivity index (χ1n) is 7.07. The second-order valence-electron chi connectivity index (χ2n) is 4.84. The lowest BCUT2D eigenvalue weighted by molar-refractivity contribution is -0.140. The van der Waals surface area contributed by atoms with Gasteiger partial charge in [0, 0.05) is 9.26 Å². The molecule has 1 aromatic carbocycles. The summed E-state index contributed by atoms with van der Waals surface area (Å²) in [6, 6.07) is 5.89. The molecule has 0 spiro atoms. The van der Waals surface area contributed by atoms with Crippen LogP contribution in [-0.2, 0) is 30.2 Å². The third-order valence-electron chi connectivity index (χ3n) is 3.55. The standard InChI is InChI=1S/C16H18INO5/c1-4-10-7-11(17)5-6-13(10)18-9-23-8-12(15(19)21-2)14(18)16(20)22-3/h5-7H,4,8-9H2,1-3H3. The quantitative estimate of drug-likeness (QED) is 0.539. The highest BCUT2D eigenvalue weighted by molar-refractivity contribution is 14.1. The van der Waals surface area contributed by atoms with Gasteiger partial charge < -0.3 is 19.1 Å². The van der Waals surface area contributed by atoms with E-state index in [1.807, 2.05) is 25.1 Å². The second-order valence-corrected chi connectivity index (χ2v) is 6.09. The highest BCUT2D eigenvalue weighted by atomic mass is 127. The summed E-state index contributed by atoms with van der Waals surface area (Å²) < 4.78 is 16.2. The van der Waals surface area contributed by atoms with Gasteiger partial charge in [0.05, 0.1) is 26.4 Å². The third kappa shape index (κ3) is 3.66. The normalized spacial score (nSPS) is 14.7. The van der Waals surface area contributed by atoms with Gasteiger partial charge in [-0.05, 0) is 52.8 Å². The zero-order valence-corrected chi connectivity index (χ0v) is 15.4. The average Bonchev–Trinajstić information content (AvgIpc) is 2.59. The molecule has 0 fully saturated rings. The first-order chi connectivity index (χ1) is 11.0. The van der Waals surface area contributed by atoms with Crippen LogP contribution in [0.1, 0.15) is 12.5 Å². The molecular formula is C16H18INO5. The molecule has 7 heteroatoms. The number of carbonyl (C=O) groups is 2. The van der Waals surface area contributed by atoms with Gasteiger partial charge >= 0.3 is 11.9 Å². The molecule has 0 atom stereocenters. The van der Waals surface area contributed by atoms with E-state index in [-0.39, 0.29) is 24.6 Å². The van der Waals surface area contributed by atoms with E-state index >= 15 is 0 Å². The van der Waals surface area contributed by atoms with Gasteiger partial charge in [-0.3, -0.25) is 0 Å². The maximum Gasteiger partial charge on any atom is 0.355 e. The molecular weight excluding hydrogens is 413 g/mol. The van der Waals surface area contributed by atoms with Gasteiger partial charge in [-0.15, -0.1) is 0 Å². The SMILES string of the molecule is CCc1cc(I)ccc1N1COCC(C(=O)OC)=C1C(=O)OC. The fourth-order valence-corrected chi connectivity index (χ4v) is 2.99. The summed E-state index contributed by atoms with van der Waals surface area (Å²) in [6.45, 7) is 2.21. The fourth-order valence-electron chi connectivity index (χ4n) is 2.43. The highest BCUT2D eigenvalue weighted by Gasteiger charge is 2.33. The Balaban J connectivity index is 2.60. The Morgan fingerprint density at radius 2 is 1.96 bits per heavy atom. The molecule has 6 nitrogen and oxygen atoms in total. The van der Waals surface area contributed by atoms with Gasteiger partial charge in [0.2, 0.25) is 0 Å². The molecule has 0 aromatic heterocycles. The van der Waals surface area contributed by atoms with Crippen molar-refractivity contribution in [3.8, 4) is 0 Å². The molecule has 124 valence electrons. The largest absolute Gasteiger partial charge is 0.466 e. The molecule has 2 rings (SSSR count). The van der Waals surface area contributed by atoms with Crippen LogP contribution in [0.3, 0.4) is 0 Å². The molecule has 1 aromatic rings. The summed E-state index contributed by atoms with van der Waals surface area (Å²) in [7, 11) is 2.55. The highest BCUT2D eigenvalue weighted by Crippen LogP contribution is 2.30. The lowest BCUT2D eigenvalue weighted by atomic mass is 10.1. The zero-order chi connectivity index (χ0) is 17.0. The molecule has 0 radical (unpaired) electrons. The number of benzene rings is 1. The lowest BCUT2D eigenvalue weighted by Crippen LogP contribution is -2.39. The number of carbonyl (C=O) groups excluding carboxylic acids is 2. The monoisotopic (exact) mass is 431 g/mol. The Kier molecular flexibility index (Phi) is 6.00. The summed E-state index contributed by atoms with van der Waals surface area (Å²) in [5.41, 5.74) is 2.19. The molecule has 1 heterocycles. The van der Waals surface area contributed by atoms with E-state index < -0.39 is 11.9 Å². The number of aryl methyl sites for hydroxylation is 1. The molecule has 0 amide bonds. The molecule has 0 bridgehead atoms. The number of rotatable bonds is 4. The van der Waals surface area contributed by atoms with Crippen LogP contribution in [0.4, 0.5) is 5.69 Å². The topological polar surface area (TPSA) is 65.1 Å². The second kappa shape index (κ2) is 7.78. The van der Waals surface area contributed by atoms with Crippen molar-refractivity contribution in [2.45, 2.75) is 13.3 Å². The minimum absolute atomic E-state index is 0.0133. The Morgan fingerprint density at radius 3 is 2.57 bits per heavy atom. The maximum atomic E-state index is 12.3. The maximum absolute atomic E-state index is 12.3. The Bertz CT molecular complexity index is 656. The van der Waals surface area contributed by atoms with Crippen LogP contribution in [-0.4, -0.2) is 39.5 Å². The van der Waals surface area contributed by atoms with E-state index in [1.165, 1.54) is 14.2 Å². The fraction of sp³-hybridized carbons (Fsp3) is 0.375. The molecule has 0 saturated heterocycles.